The van der Waals surface area contributed by atoms with Crippen molar-refractivity contribution in [1.82, 2.24) is 14.8 Å². The minimum atomic E-state index is -0.605. The summed E-state index contributed by atoms with van der Waals surface area (Å²) in [5, 5.41) is 4.59. The lowest BCUT2D eigenvalue weighted by Crippen LogP contribution is -2.36. The Balaban J connectivity index is 1.70. The van der Waals surface area contributed by atoms with Crippen LogP contribution in [-0.4, -0.2) is 47.0 Å². The number of carbonyl (C=O) groups excluding carboxylic acids is 1. The van der Waals surface area contributed by atoms with Crippen LogP contribution in [0.15, 0.2) is 35.3 Å². The second-order valence-corrected chi connectivity index (χ2v) is 10.7. The molecule has 0 atom stereocenters. The molecule has 1 saturated heterocycles. The average Bonchev–Trinajstić information content (AvgIpc) is 3.38. The van der Waals surface area contributed by atoms with Crippen molar-refractivity contribution in [1.29, 1.82) is 0 Å². The number of pyridine rings is 1. The van der Waals surface area contributed by atoms with Crippen LogP contribution >= 0.6 is 22.9 Å². The Kier molecular flexibility index (Phi) is 6.55. The summed E-state index contributed by atoms with van der Waals surface area (Å²) in [7, 11) is 0. The highest BCUT2D eigenvalue weighted by Gasteiger charge is 2.27. The quantitative estimate of drug-likeness (QED) is 0.597. The molecule has 4 heterocycles. The molecule has 170 valence electrons. The second kappa shape index (κ2) is 9.21. The number of hydrogen-bond donors (Lipinski definition) is 1. The van der Waals surface area contributed by atoms with Gasteiger partial charge in [0, 0.05) is 35.3 Å². The molecule has 1 aliphatic rings. The maximum atomic E-state index is 13.1. The van der Waals surface area contributed by atoms with E-state index in [4.69, 9.17) is 16.3 Å². The number of halogens is 1. The molecule has 0 aliphatic carbocycles. The van der Waals surface area contributed by atoms with Crippen molar-refractivity contribution in [2.45, 2.75) is 33.6 Å². The van der Waals surface area contributed by atoms with E-state index in [0.29, 0.717) is 30.9 Å². The Morgan fingerprint density at radius 3 is 2.62 bits per heavy atom. The zero-order valence-electron chi connectivity index (χ0n) is 18.5. The average molecular weight is 475 g/mol. The van der Waals surface area contributed by atoms with Crippen LogP contribution in [-0.2, 0) is 17.6 Å². The van der Waals surface area contributed by atoms with Crippen LogP contribution in [0.4, 0.5) is 5.69 Å². The highest BCUT2D eigenvalue weighted by Crippen LogP contribution is 2.27. The molecule has 3 aromatic rings. The van der Waals surface area contributed by atoms with Crippen molar-refractivity contribution in [2.75, 3.05) is 31.2 Å². The van der Waals surface area contributed by atoms with Gasteiger partial charge in [0.2, 0.25) is 0 Å². The number of hydrogen-bond acceptors (Lipinski definition) is 6. The van der Waals surface area contributed by atoms with Crippen LogP contribution in [0.5, 0.6) is 0 Å². The summed E-state index contributed by atoms with van der Waals surface area (Å²) >= 11 is 7.59. The molecule has 0 amide bonds. The van der Waals surface area contributed by atoms with Gasteiger partial charge >= 0.3 is 0 Å². The van der Waals surface area contributed by atoms with E-state index in [2.05, 4.69) is 15.0 Å². The number of aryl methyl sites for hydroxylation is 2. The number of carbonyl (C=O) groups is 1. The third-order valence-corrected chi connectivity index (χ3v) is 6.70. The van der Waals surface area contributed by atoms with Gasteiger partial charge in [0.1, 0.15) is 0 Å². The van der Waals surface area contributed by atoms with E-state index in [9.17, 15) is 9.59 Å². The van der Waals surface area contributed by atoms with Crippen molar-refractivity contribution in [3.63, 3.8) is 0 Å². The molecule has 1 fully saturated rings. The van der Waals surface area contributed by atoms with Gasteiger partial charge in [-0.15, -0.1) is 11.3 Å². The van der Waals surface area contributed by atoms with Crippen LogP contribution in [0.1, 0.15) is 36.1 Å². The molecule has 1 N–H and O–H groups in total. The first kappa shape index (κ1) is 22.8. The summed E-state index contributed by atoms with van der Waals surface area (Å²) in [5.41, 5.74) is 1.81. The molecular weight excluding hydrogens is 448 g/mol. The summed E-state index contributed by atoms with van der Waals surface area (Å²) in [6.07, 6.45) is 3.08. The summed E-state index contributed by atoms with van der Waals surface area (Å²) < 4.78 is 7.63. The lowest BCUT2D eigenvalue weighted by molar-refractivity contribution is 0.0745. The molecule has 0 radical (unpaired) electrons. The van der Waals surface area contributed by atoms with Gasteiger partial charge in [-0.3, -0.25) is 9.59 Å². The fourth-order valence-corrected chi connectivity index (χ4v) is 4.71. The predicted molar refractivity (Wildman–Crippen MR) is 128 cm³/mol. The first-order valence-corrected chi connectivity index (χ1v) is 11.9. The number of anilines is 1. The number of aromatic nitrogens is 3. The normalized spacial score (nSPS) is 14.7. The van der Waals surface area contributed by atoms with E-state index in [0.717, 1.165) is 40.1 Å². The first-order chi connectivity index (χ1) is 15.2. The van der Waals surface area contributed by atoms with Crippen LogP contribution in [0, 0.1) is 5.41 Å². The van der Waals surface area contributed by atoms with Crippen LogP contribution in [0.3, 0.4) is 0 Å². The van der Waals surface area contributed by atoms with Gasteiger partial charge in [-0.2, -0.15) is 5.10 Å². The molecule has 9 heteroatoms. The minimum Gasteiger partial charge on any atom is -0.378 e. The zero-order valence-corrected chi connectivity index (χ0v) is 20.1. The molecule has 0 spiro atoms. The zero-order chi connectivity index (χ0) is 22.9. The van der Waals surface area contributed by atoms with Crippen molar-refractivity contribution >= 4 is 34.5 Å². The van der Waals surface area contributed by atoms with Crippen molar-refractivity contribution < 1.29 is 9.53 Å². The lowest BCUT2D eigenvalue weighted by atomic mass is 9.95. The van der Waals surface area contributed by atoms with Gasteiger partial charge in [-0.05, 0) is 37.1 Å². The molecule has 0 aromatic carbocycles. The Morgan fingerprint density at radius 1 is 1.22 bits per heavy atom. The van der Waals surface area contributed by atoms with Gasteiger partial charge in [-0.1, -0.05) is 32.4 Å². The lowest BCUT2D eigenvalue weighted by Gasteiger charge is -2.28. The van der Waals surface area contributed by atoms with E-state index < -0.39 is 5.41 Å². The van der Waals surface area contributed by atoms with E-state index in [-0.39, 0.29) is 11.5 Å². The predicted octanol–water partition coefficient (Wildman–Crippen LogP) is 4.26. The largest absolute Gasteiger partial charge is 0.378 e. The fraction of sp³-hybridized carbons (Fsp3) is 0.435. The standard InChI is InChI=1S/C23H27ClN4O3S/c1-23(2,3)22(30)28-15(4-5-17-6-7-20(24)32-17)13-19(26-28)18-12-16(14-25-21(18)29)27-8-10-31-11-9-27/h6-7,12-14H,4-5,8-11H2,1-3H3,(H,25,29). The van der Waals surface area contributed by atoms with Crippen LogP contribution < -0.4 is 10.5 Å². The SMILES string of the molecule is CC(C)(C)C(=O)n1nc(-c2cc(N3CCOCC3)c[nH]c2=O)cc1CCc1ccc(Cl)s1. The molecular formula is C23H27ClN4O3S. The summed E-state index contributed by atoms with van der Waals surface area (Å²) in [5.74, 6) is -0.108. The summed E-state index contributed by atoms with van der Waals surface area (Å²) in [4.78, 5) is 31.9. The molecule has 0 bridgehead atoms. The Hall–Kier alpha value is -2.42. The molecule has 32 heavy (non-hydrogen) atoms. The number of nitrogens with one attached hydrogen (secondary N) is 1. The number of H-pyrrole nitrogens is 1. The summed E-state index contributed by atoms with van der Waals surface area (Å²) in [6, 6.07) is 7.58. The van der Waals surface area contributed by atoms with Gasteiger partial charge in [-0.25, -0.2) is 4.68 Å². The third-order valence-electron chi connectivity index (χ3n) is 5.41. The van der Waals surface area contributed by atoms with Gasteiger partial charge in [0.05, 0.1) is 34.5 Å². The smallest absolute Gasteiger partial charge is 0.257 e. The number of aromatic amines is 1. The highest BCUT2D eigenvalue weighted by molar-refractivity contribution is 7.16. The van der Waals surface area contributed by atoms with Gasteiger partial charge in [0.25, 0.3) is 11.5 Å². The van der Waals surface area contributed by atoms with Crippen molar-refractivity contribution in [3.05, 3.63) is 55.7 Å². The Labute approximate surface area is 196 Å². The molecule has 0 saturated carbocycles. The molecule has 4 rings (SSSR count). The molecule has 1 aliphatic heterocycles. The van der Waals surface area contributed by atoms with E-state index >= 15 is 0 Å². The van der Waals surface area contributed by atoms with E-state index in [1.54, 1.807) is 6.20 Å². The maximum absolute atomic E-state index is 13.1. The van der Waals surface area contributed by atoms with Crippen molar-refractivity contribution in [3.8, 4) is 11.3 Å². The number of morpholine rings is 1. The molecule has 7 nitrogen and oxygen atoms in total. The highest BCUT2D eigenvalue weighted by atomic mass is 35.5. The topological polar surface area (TPSA) is 80.2 Å². The Bertz CT molecular complexity index is 1170. The first-order valence-electron chi connectivity index (χ1n) is 10.7. The van der Waals surface area contributed by atoms with Crippen molar-refractivity contribution in [2.24, 2.45) is 5.41 Å². The Morgan fingerprint density at radius 2 is 1.97 bits per heavy atom. The van der Waals surface area contributed by atoms with E-state index in [1.807, 2.05) is 45.0 Å². The fourth-order valence-electron chi connectivity index (χ4n) is 3.63. The van der Waals surface area contributed by atoms with Gasteiger partial charge in [0.15, 0.2) is 0 Å². The number of ether oxygens (including phenoxy) is 1. The number of rotatable bonds is 5. The third kappa shape index (κ3) is 4.98. The molecule has 0 unspecified atom stereocenters. The van der Waals surface area contributed by atoms with Gasteiger partial charge < -0.3 is 14.6 Å². The number of thiophene rings is 1. The monoisotopic (exact) mass is 474 g/mol. The van der Waals surface area contributed by atoms with Crippen LogP contribution in [0.25, 0.3) is 11.3 Å². The number of nitrogens with zero attached hydrogens (tertiary/aromatic N) is 3. The van der Waals surface area contributed by atoms with Crippen LogP contribution in [0.2, 0.25) is 4.34 Å². The molecule has 3 aromatic heterocycles. The van der Waals surface area contributed by atoms with E-state index in [1.165, 1.54) is 16.0 Å². The maximum Gasteiger partial charge on any atom is 0.257 e. The summed E-state index contributed by atoms with van der Waals surface area (Å²) in [6.45, 7) is 8.43. The second-order valence-electron chi connectivity index (χ2n) is 8.89. The minimum absolute atomic E-state index is 0.108.